The minimum absolute atomic E-state index is 0.0795. The van der Waals surface area contributed by atoms with Gasteiger partial charge < -0.3 is 15.4 Å². The lowest BCUT2D eigenvalue weighted by Crippen LogP contribution is -2.15. The molecule has 30 heavy (non-hydrogen) atoms. The molecule has 0 bridgehead atoms. The fourth-order valence-electron chi connectivity index (χ4n) is 2.73. The Bertz CT molecular complexity index is 1080. The van der Waals surface area contributed by atoms with E-state index in [0.717, 1.165) is 0 Å². The first kappa shape index (κ1) is 20.7. The number of nitrogens with one attached hydrogen (secondary N) is 2. The highest BCUT2D eigenvalue weighted by Crippen LogP contribution is 2.18. The Balaban J connectivity index is 1.59. The molecule has 0 spiro atoms. The van der Waals surface area contributed by atoms with Crippen LogP contribution >= 0.6 is 0 Å². The Hall–Kier alpha value is -4.00. The SMILES string of the molecule is CC(=O)Oc1cccc(C(=O)Nc2ccc(NC(=O)Cc3ccccc3F)cc2)c1. The molecule has 0 unspecified atom stereocenters. The summed E-state index contributed by atoms with van der Waals surface area (Å²) in [5.41, 5.74) is 1.68. The molecular formula is C23H19FN2O4. The van der Waals surface area contributed by atoms with Crippen LogP contribution in [0.2, 0.25) is 0 Å². The number of carbonyl (C=O) groups is 3. The predicted molar refractivity (Wildman–Crippen MR) is 111 cm³/mol. The van der Waals surface area contributed by atoms with Crippen LogP contribution in [0.3, 0.4) is 0 Å². The summed E-state index contributed by atoms with van der Waals surface area (Å²) >= 11 is 0. The minimum Gasteiger partial charge on any atom is -0.427 e. The average Bonchev–Trinajstić information content (AvgIpc) is 2.71. The number of halogens is 1. The van der Waals surface area contributed by atoms with Crippen LogP contribution in [-0.2, 0) is 16.0 Å². The van der Waals surface area contributed by atoms with E-state index in [-0.39, 0.29) is 24.0 Å². The highest BCUT2D eigenvalue weighted by atomic mass is 19.1. The van der Waals surface area contributed by atoms with Crippen molar-refractivity contribution in [1.82, 2.24) is 0 Å². The van der Waals surface area contributed by atoms with Gasteiger partial charge in [0.25, 0.3) is 5.91 Å². The van der Waals surface area contributed by atoms with Crippen LogP contribution in [0.4, 0.5) is 15.8 Å². The number of hydrogen-bond donors (Lipinski definition) is 2. The smallest absolute Gasteiger partial charge is 0.308 e. The molecule has 0 aliphatic heterocycles. The number of anilines is 2. The van der Waals surface area contributed by atoms with E-state index in [2.05, 4.69) is 10.6 Å². The molecule has 0 fully saturated rings. The first-order chi connectivity index (χ1) is 14.4. The number of hydrogen-bond acceptors (Lipinski definition) is 4. The van der Waals surface area contributed by atoms with Crippen molar-refractivity contribution < 1.29 is 23.5 Å². The van der Waals surface area contributed by atoms with Crippen LogP contribution in [-0.4, -0.2) is 17.8 Å². The van der Waals surface area contributed by atoms with Gasteiger partial charge in [-0.1, -0.05) is 24.3 Å². The van der Waals surface area contributed by atoms with Crippen molar-refractivity contribution >= 4 is 29.2 Å². The highest BCUT2D eigenvalue weighted by molar-refractivity contribution is 6.04. The fraction of sp³-hybridized carbons (Fsp3) is 0.0870. The summed E-state index contributed by atoms with van der Waals surface area (Å²) in [6.07, 6.45) is -0.0795. The molecule has 152 valence electrons. The van der Waals surface area contributed by atoms with Gasteiger partial charge in [-0.2, -0.15) is 0 Å². The summed E-state index contributed by atoms with van der Waals surface area (Å²) in [7, 11) is 0. The largest absolute Gasteiger partial charge is 0.427 e. The topological polar surface area (TPSA) is 84.5 Å². The standard InChI is InChI=1S/C23H19FN2O4/c1-15(27)30-20-7-4-6-17(13-20)23(29)26-19-11-9-18(10-12-19)25-22(28)14-16-5-2-3-8-21(16)24/h2-13H,14H2,1H3,(H,25,28)(H,26,29). The number of carbonyl (C=O) groups excluding carboxylic acids is 3. The molecule has 0 radical (unpaired) electrons. The average molecular weight is 406 g/mol. The van der Waals surface area contributed by atoms with Gasteiger partial charge >= 0.3 is 5.97 Å². The van der Waals surface area contributed by atoms with Crippen molar-refractivity contribution in [3.63, 3.8) is 0 Å². The molecule has 7 heteroatoms. The molecule has 0 saturated carbocycles. The maximum atomic E-state index is 13.6. The second kappa shape index (κ2) is 9.47. The number of esters is 1. The van der Waals surface area contributed by atoms with Crippen molar-refractivity contribution in [2.24, 2.45) is 0 Å². The third-order valence-corrected chi connectivity index (χ3v) is 4.09. The lowest BCUT2D eigenvalue weighted by Gasteiger charge is -2.09. The van der Waals surface area contributed by atoms with Crippen LogP contribution in [0.1, 0.15) is 22.8 Å². The number of benzene rings is 3. The van der Waals surface area contributed by atoms with Gasteiger partial charge in [-0.3, -0.25) is 14.4 Å². The van der Waals surface area contributed by atoms with Gasteiger partial charge in [0, 0.05) is 23.9 Å². The van der Waals surface area contributed by atoms with Crippen molar-refractivity contribution in [3.05, 3.63) is 89.7 Å². The zero-order chi connectivity index (χ0) is 21.5. The Morgan fingerprint density at radius 1 is 0.867 bits per heavy atom. The van der Waals surface area contributed by atoms with Crippen LogP contribution < -0.4 is 15.4 Å². The van der Waals surface area contributed by atoms with Gasteiger partial charge in [-0.05, 0) is 54.1 Å². The van der Waals surface area contributed by atoms with E-state index < -0.39 is 11.8 Å². The number of rotatable bonds is 6. The summed E-state index contributed by atoms with van der Waals surface area (Å²) < 4.78 is 18.6. The lowest BCUT2D eigenvalue weighted by molar-refractivity contribution is -0.131. The van der Waals surface area contributed by atoms with E-state index in [0.29, 0.717) is 22.5 Å². The zero-order valence-electron chi connectivity index (χ0n) is 16.1. The Morgan fingerprint density at radius 2 is 1.53 bits per heavy atom. The predicted octanol–water partition coefficient (Wildman–Crippen LogP) is 4.18. The molecule has 2 amide bonds. The summed E-state index contributed by atoms with van der Waals surface area (Å²) in [5, 5.41) is 5.41. The Kier molecular flexibility index (Phi) is 6.54. The Morgan fingerprint density at radius 3 is 2.20 bits per heavy atom. The molecule has 3 rings (SSSR count). The van der Waals surface area contributed by atoms with Crippen LogP contribution in [0.15, 0.2) is 72.8 Å². The van der Waals surface area contributed by atoms with Gasteiger partial charge in [0.15, 0.2) is 0 Å². The zero-order valence-corrected chi connectivity index (χ0v) is 16.1. The summed E-state index contributed by atoms with van der Waals surface area (Å²) in [6.45, 7) is 1.28. The maximum Gasteiger partial charge on any atom is 0.308 e. The summed E-state index contributed by atoms with van der Waals surface area (Å²) in [6, 6.07) is 18.9. The van der Waals surface area contributed by atoms with Crippen LogP contribution in [0.5, 0.6) is 5.75 Å². The number of amides is 2. The van der Waals surface area contributed by atoms with E-state index in [9.17, 15) is 18.8 Å². The van der Waals surface area contributed by atoms with E-state index in [4.69, 9.17) is 4.74 Å². The van der Waals surface area contributed by atoms with Crippen molar-refractivity contribution in [1.29, 1.82) is 0 Å². The lowest BCUT2D eigenvalue weighted by atomic mass is 10.1. The van der Waals surface area contributed by atoms with E-state index in [1.165, 1.54) is 19.1 Å². The van der Waals surface area contributed by atoms with Crippen molar-refractivity contribution in [3.8, 4) is 5.75 Å². The van der Waals surface area contributed by atoms with Crippen molar-refractivity contribution in [2.75, 3.05) is 10.6 Å². The van der Waals surface area contributed by atoms with Crippen LogP contribution in [0.25, 0.3) is 0 Å². The molecule has 6 nitrogen and oxygen atoms in total. The van der Waals surface area contributed by atoms with E-state index in [1.807, 2.05) is 0 Å². The third kappa shape index (κ3) is 5.75. The number of ether oxygens (including phenoxy) is 1. The first-order valence-corrected chi connectivity index (χ1v) is 9.14. The molecule has 0 aliphatic rings. The van der Waals surface area contributed by atoms with Crippen LogP contribution in [0, 0.1) is 5.82 Å². The molecule has 0 heterocycles. The molecule has 3 aromatic rings. The maximum absolute atomic E-state index is 13.6. The Labute approximate surface area is 172 Å². The minimum atomic E-state index is -0.472. The van der Waals surface area contributed by atoms with E-state index >= 15 is 0 Å². The van der Waals surface area contributed by atoms with Gasteiger partial charge in [0.1, 0.15) is 11.6 Å². The van der Waals surface area contributed by atoms with E-state index in [1.54, 1.807) is 60.7 Å². The highest BCUT2D eigenvalue weighted by Gasteiger charge is 2.10. The normalized spacial score (nSPS) is 10.2. The molecule has 0 atom stereocenters. The monoisotopic (exact) mass is 406 g/mol. The molecule has 0 aliphatic carbocycles. The van der Waals surface area contributed by atoms with Crippen molar-refractivity contribution in [2.45, 2.75) is 13.3 Å². The third-order valence-electron chi connectivity index (χ3n) is 4.09. The van der Waals surface area contributed by atoms with Gasteiger partial charge in [0.2, 0.25) is 5.91 Å². The molecule has 3 aromatic carbocycles. The second-order valence-electron chi connectivity index (χ2n) is 6.47. The molecule has 2 N–H and O–H groups in total. The van der Waals surface area contributed by atoms with Gasteiger partial charge in [-0.15, -0.1) is 0 Å². The molecule has 0 aromatic heterocycles. The fourth-order valence-corrected chi connectivity index (χ4v) is 2.73. The second-order valence-corrected chi connectivity index (χ2v) is 6.47. The quantitative estimate of drug-likeness (QED) is 0.475. The first-order valence-electron chi connectivity index (χ1n) is 9.14. The van der Waals surface area contributed by atoms with Gasteiger partial charge in [0.05, 0.1) is 6.42 Å². The molecular weight excluding hydrogens is 387 g/mol. The van der Waals surface area contributed by atoms with Gasteiger partial charge in [-0.25, -0.2) is 4.39 Å². The molecule has 0 saturated heterocycles. The summed E-state index contributed by atoms with van der Waals surface area (Å²) in [4.78, 5) is 35.5. The summed E-state index contributed by atoms with van der Waals surface area (Å²) in [5.74, 6) is -1.34.